The van der Waals surface area contributed by atoms with Crippen LogP contribution in [-0.2, 0) is 44.7 Å². The number of cyclic esters (lactones) is 1. The van der Waals surface area contributed by atoms with Gasteiger partial charge in [-0.15, -0.1) is 0 Å². The smallest absolute Gasteiger partial charge is 0.329 e. The molecule has 14 atom stereocenters. The van der Waals surface area contributed by atoms with Crippen LogP contribution in [0.1, 0.15) is 112 Å². The Morgan fingerprint density at radius 2 is 1.69 bits per heavy atom. The van der Waals surface area contributed by atoms with Crippen molar-refractivity contribution >= 4 is 34.3 Å². The number of piperidine rings is 1. The fraction of sp³-hybridized carbons (Fsp3) is 0.692. The molecule has 1 saturated carbocycles. The van der Waals surface area contributed by atoms with Crippen LogP contribution in [0.25, 0.3) is 10.9 Å². The SMILES string of the molecule is CC[C@@H]1/C=C(\C)C[C@H](C)C[C@H](OC)C(O)[C@H]2C[C@@H](C)[C@@](O)(O2)C(=O)C(=O)N2CCCC[C@H]2C(=O)O[C@H](/C(C)=C/[C@@H]2CC[C@@H](Oc3ccc4ccn(CCO)c4c3)[C@H](OC)C2)[C@H](C)[C@@H](O)C(=O)C1. The summed E-state index contributed by atoms with van der Waals surface area (Å²) < 4.78 is 32.5. The van der Waals surface area contributed by atoms with Crippen LogP contribution in [0, 0.1) is 29.6 Å². The van der Waals surface area contributed by atoms with Crippen molar-refractivity contribution in [2.45, 2.75) is 173 Å². The Labute approximate surface area is 395 Å². The van der Waals surface area contributed by atoms with E-state index < -0.39 is 71.8 Å². The number of carbonyl (C=O) groups excluding carboxylic acids is 4. The van der Waals surface area contributed by atoms with Gasteiger partial charge in [0.25, 0.3) is 11.7 Å². The molecule has 4 N–H and O–H groups in total. The number of carbonyl (C=O) groups is 4. The number of ketones is 2. The number of Topliss-reactive ketones (excluding diaryl/α,β-unsaturated/α-hetero) is 2. The molecule has 4 heterocycles. The Morgan fingerprint density at radius 3 is 2.39 bits per heavy atom. The van der Waals surface area contributed by atoms with Crippen LogP contribution < -0.4 is 4.74 Å². The number of methoxy groups -OCH3 is 2. The summed E-state index contributed by atoms with van der Waals surface area (Å²) in [6, 6.07) is 6.71. The van der Waals surface area contributed by atoms with Crippen molar-refractivity contribution in [2.24, 2.45) is 29.6 Å². The number of esters is 1. The Morgan fingerprint density at radius 1 is 0.940 bits per heavy atom. The first-order valence-electron chi connectivity index (χ1n) is 24.5. The zero-order chi connectivity index (χ0) is 48.7. The predicted molar refractivity (Wildman–Crippen MR) is 251 cm³/mol. The molecule has 3 fully saturated rings. The Hall–Kier alpha value is -3.96. The molecule has 1 aromatic carbocycles. The van der Waals surface area contributed by atoms with E-state index in [9.17, 15) is 39.6 Å². The maximum atomic E-state index is 14.5. The molecule has 15 heteroatoms. The van der Waals surface area contributed by atoms with Crippen molar-refractivity contribution in [1.82, 2.24) is 9.47 Å². The highest BCUT2D eigenvalue weighted by Gasteiger charge is 2.57. The van der Waals surface area contributed by atoms with E-state index in [4.69, 9.17) is 23.7 Å². The van der Waals surface area contributed by atoms with Gasteiger partial charge in [-0.2, -0.15) is 0 Å². The van der Waals surface area contributed by atoms with Crippen LogP contribution in [0.2, 0.25) is 0 Å². The molecule has 15 nitrogen and oxygen atoms in total. The second-order valence-corrected chi connectivity index (χ2v) is 20.0. The number of allylic oxidation sites excluding steroid dienone is 3. The molecule has 3 aliphatic heterocycles. The van der Waals surface area contributed by atoms with E-state index in [1.807, 2.05) is 68.8 Å². The fourth-order valence-electron chi connectivity index (χ4n) is 11.0. The molecule has 372 valence electrons. The van der Waals surface area contributed by atoms with Crippen molar-refractivity contribution in [3.63, 3.8) is 0 Å². The monoisotopic (exact) mass is 937 g/mol. The molecule has 6 rings (SSSR count). The second-order valence-electron chi connectivity index (χ2n) is 20.0. The molecular formula is C52H76N2O13. The largest absolute Gasteiger partial charge is 0.488 e. The Bertz CT molecular complexity index is 2100. The highest BCUT2D eigenvalue weighted by atomic mass is 16.7. The molecule has 67 heavy (non-hydrogen) atoms. The lowest BCUT2D eigenvalue weighted by atomic mass is 9.81. The van der Waals surface area contributed by atoms with E-state index in [1.165, 1.54) is 7.11 Å². The number of ether oxygens (including phenoxy) is 5. The minimum Gasteiger partial charge on any atom is -0.488 e. The number of aliphatic hydroxyl groups excluding tert-OH is 3. The number of amides is 1. The summed E-state index contributed by atoms with van der Waals surface area (Å²) in [5, 5.41) is 45.7. The number of fused-ring (bicyclic) bond motifs is 4. The van der Waals surface area contributed by atoms with Gasteiger partial charge in [0, 0.05) is 57.8 Å². The zero-order valence-corrected chi connectivity index (χ0v) is 40.8. The number of hydrogen-bond donors (Lipinski definition) is 4. The molecule has 1 amide bonds. The maximum absolute atomic E-state index is 14.5. The highest BCUT2D eigenvalue weighted by Crippen LogP contribution is 2.40. The molecule has 1 aromatic heterocycles. The van der Waals surface area contributed by atoms with Gasteiger partial charge in [-0.3, -0.25) is 14.4 Å². The minimum absolute atomic E-state index is 0.0197. The van der Waals surface area contributed by atoms with Crippen LogP contribution in [0.5, 0.6) is 5.75 Å². The van der Waals surface area contributed by atoms with Gasteiger partial charge in [-0.25, -0.2) is 4.79 Å². The average molecular weight is 937 g/mol. The van der Waals surface area contributed by atoms with E-state index in [2.05, 4.69) is 6.08 Å². The van der Waals surface area contributed by atoms with Gasteiger partial charge < -0.3 is 53.6 Å². The summed E-state index contributed by atoms with van der Waals surface area (Å²) >= 11 is 0. The quantitative estimate of drug-likeness (QED) is 0.133. The Balaban J connectivity index is 1.28. The standard InChI is InChI=1S/C52H76N2O13/c1-9-35-23-30(2)22-31(3)24-44(64-8)47(58)45-26-33(5)52(62,67-45)49(59)50(60)54-18-11-10-12-39(54)51(61)66-48(34(6)46(57)41(56)27-35)32(4)25-36-13-16-42(43(28-36)63-7)65-38-15-14-37-17-19-53(20-21-55)40(37)29-38/h14-15,17,19,23,25,29,31,33-36,39,42-48,55,57-58,62H,9-13,16,18,20-22,24,26-28H2,1-8H3/b30-23+,32-25+/t31-,33+,34+,35+,36-,39-,42+,43+,44-,45+,46+,47?,48+,52+/m0/s1. The third-order valence-electron chi connectivity index (χ3n) is 15.0. The fourth-order valence-corrected chi connectivity index (χ4v) is 11.0. The first-order valence-corrected chi connectivity index (χ1v) is 24.5. The molecule has 0 radical (unpaired) electrons. The topological polar surface area (TPSA) is 204 Å². The van der Waals surface area contributed by atoms with Gasteiger partial charge in [0.2, 0.25) is 5.79 Å². The van der Waals surface area contributed by atoms with E-state index in [0.717, 1.165) is 21.4 Å². The number of rotatable bonds is 9. The summed E-state index contributed by atoms with van der Waals surface area (Å²) in [4.78, 5) is 57.9. The third kappa shape index (κ3) is 12.1. The lowest BCUT2D eigenvalue weighted by Gasteiger charge is -2.38. The maximum Gasteiger partial charge on any atom is 0.329 e. The summed E-state index contributed by atoms with van der Waals surface area (Å²) in [6.45, 7) is 11.7. The van der Waals surface area contributed by atoms with Crippen LogP contribution in [0.15, 0.2) is 53.8 Å². The van der Waals surface area contributed by atoms with Crippen molar-refractivity contribution in [3.05, 3.63) is 53.8 Å². The van der Waals surface area contributed by atoms with E-state index in [0.29, 0.717) is 69.2 Å². The lowest BCUT2D eigenvalue weighted by Crippen LogP contribution is -2.58. The number of hydrogen-bond acceptors (Lipinski definition) is 13. The molecule has 2 bridgehead atoms. The second kappa shape index (κ2) is 23.1. The van der Waals surface area contributed by atoms with Gasteiger partial charge >= 0.3 is 5.97 Å². The van der Waals surface area contributed by atoms with Gasteiger partial charge in [-0.1, -0.05) is 45.4 Å². The van der Waals surface area contributed by atoms with Gasteiger partial charge in [0.15, 0.2) is 5.78 Å². The first kappa shape index (κ1) is 52.4. The average Bonchev–Trinajstić information content (AvgIpc) is 3.87. The number of nitrogens with zero attached hydrogens (tertiary/aromatic N) is 2. The zero-order valence-electron chi connectivity index (χ0n) is 40.8. The van der Waals surface area contributed by atoms with Gasteiger partial charge in [0.05, 0.1) is 30.4 Å². The van der Waals surface area contributed by atoms with Crippen molar-refractivity contribution in [2.75, 3.05) is 27.4 Å². The minimum atomic E-state index is -2.55. The molecular weight excluding hydrogens is 861 g/mol. The van der Waals surface area contributed by atoms with Crippen molar-refractivity contribution in [3.8, 4) is 5.75 Å². The molecule has 1 unspecified atom stereocenters. The Kier molecular flexibility index (Phi) is 18.1. The van der Waals surface area contributed by atoms with Gasteiger partial charge in [-0.05, 0) is 125 Å². The summed E-state index contributed by atoms with van der Waals surface area (Å²) in [6.07, 6.45) is 5.11. The normalized spacial score (nSPS) is 36.7. The third-order valence-corrected chi connectivity index (χ3v) is 15.0. The van der Waals surface area contributed by atoms with Crippen LogP contribution in [0.4, 0.5) is 0 Å². The van der Waals surface area contributed by atoms with Crippen LogP contribution in [0.3, 0.4) is 0 Å². The predicted octanol–water partition coefficient (Wildman–Crippen LogP) is 5.85. The number of aliphatic hydroxyl groups is 4. The van der Waals surface area contributed by atoms with E-state index >= 15 is 0 Å². The highest BCUT2D eigenvalue weighted by molar-refractivity contribution is 6.39. The summed E-state index contributed by atoms with van der Waals surface area (Å²) in [5.74, 6) is -7.25. The number of aromatic nitrogens is 1. The van der Waals surface area contributed by atoms with Gasteiger partial charge in [0.1, 0.15) is 36.2 Å². The van der Waals surface area contributed by atoms with Crippen molar-refractivity contribution < 1.29 is 63.3 Å². The van der Waals surface area contributed by atoms with E-state index in [1.54, 1.807) is 21.0 Å². The van der Waals surface area contributed by atoms with Crippen LogP contribution in [-0.4, -0.2) is 135 Å². The first-order chi connectivity index (χ1) is 31.9. The molecule has 1 aliphatic carbocycles. The van der Waals surface area contributed by atoms with Crippen molar-refractivity contribution in [1.29, 1.82) is 0 Å². The lowest BCUT2D eigenvalue weighted by molar-refractivity contribution is -0.225. The van der Waals surface area contributed by atoms with Crippen LogP contribution >= 0.6 is 0 Å². The molecule has 0 spiro atoms. The van der Waals surface area contributed by atoms with E-state index in [-0.39, 0.29) is 68.2 Å². The molecule has 2 aromatic rings. The molecule has 2 saturated heterocycles. The summed E-state index contributed by atoms with van der Waals surface area (Å²) in [5.41, 5.74) is 2.62. The summed E-state index contributed by atoms with van der Waals surface area (Å²) in [7, 11) is 3.13. The molecule has 4 aliphatic rings. The number of benzene rings is 1.